The second-order valence-corrected chi connectivity index (χ2v) is 4.49. The SMILES string of the molecule is CC(NC(=O)OCc1ccccc1)C(=O)Nn1cccc1. The molecular weight excluding hydrogens is 270 g/mol. The zero-order chi connectivity index (χ0) is 15.1. The molecule has 0 saturated heterocycles. The molecule has 2 rings (SSSR count). The van der Waals surface area contributed by atoms with Gasteiger partial charge in [-0.2, -0.15) is 0 Å². The van der Waals surface area contributed by atoms with Crippen LogP contribution in [0.3, 0.4) is 0 Å². The highest BCUT2D eigenvalue weighted by atomic mass is 16.5. The molecule has 2 amide bonds. The molecule has 1 unspecified atom stereocenters. The Kier molecular flexibility index (Phi) is 4.98. The van der Waals surface area contributed by atoms with Gasteiger partial charge in [-0.15, -0.1) is 0 Å². The van der Waals surface area contributed by atoms with Gasteiger partial charge in [0.2, 0.25) is 0 Å². The molecular formula is C15H17N3O3. The van der Waals surface area contributed by atoms with E-state index in [9.17, 15) is 9.59 Å². The maximum absolute atomic E-state index is 11.8. The van der Waals surface area contributed by atoms with Crippen molar-refractivity contribution in [1.29, 1.82) is 0 Å². The van der Waals surface area contributed by atoms with E-state index >= 15 is 0 Å². The van der Waals surface area contributed by atoms with Gasteiger partial charge in [0.1, 0.15) is 12.6 Å². The summed E-state index contributed by atoms with van der Waals surface area (Å²) in [4.78, 5) is 23.4. The first-order chi connectivity index (χ1) is 10.1. The molecule has 6 heteroatoms. The summed E-state index contributed by atoms with van der Waals surface area (Å²) >= 11 is 0. The lowest BCUT2D eigenvalue weighted by atomic mass is 10.2. The Morgan fingerprint density at radius 1 is 1.14 bits per heavy atom. The van der Waals surface area contributed by atoms with Crippen LogP contribution in [-0.2, 0) is 16.1 Å². The molecule has 1 aromatic carbocycles. The maximum Gasteiger partial charge on any atom is 0.408 e. The Labute approximate surface area is 122 Å². The number of ether oxygens (including phenoxy) is 1. The van der Waals surface area contributed by atoms with E-state index in [4.69, 9.17) is 4.74 Å². The minimum Gasteiger partial charge on any atom is -0.445 e. The summed E-state index contributed by atoms with van der Waals surface area (Å²) in [6, 6.07) is 12.2. The number of nitrogens with zero attached hydrogens (tertiary/aromatic N) is 1. The highest BCUT2D eigenvalue weighted by Crippen LogP contribution is 2.00. The average Bonchev–Trinajstić information content (AvgIpc) is 2.99. The maximum atomic E-state index is 11.8. The number of hydrogen-bond donors (Lipinski definition) is 2. The van der Waals surface area contributed by atoms with Crippen LogP contribution in [0.2, 0.25) is 0 Å². The van der Waals surface area contributed by atoms with Crippen LogP contribution in [0.25, 0.3) is 0 Å². The Hall–Kier alpha value is -2.76. The number of benzene rings is 1. The van der Waals surface area contributed by atoms with Gasteiger partial charge < -0.3 is 10.1 Å². The van der Waals surface area contributed by atoms with Crippen molar-refractivity contribution in [2.75, 3.05) is 5.43 Å². The highest BCUT2D eigenvalue weighted by Gasteiger charge is 2.16. The molecule has 0 spiro atoms. The van der Waals surface area contributed by atoms with Gasteiger partial charge in [0.15, 0.2) is 0 Å². The Morgan fingerprint density at radius 2 is 1.81 bits per heavy atom. The van der Waals surface area contributed by atoms with Gasteiger partial charge in [0.25, 0.3) is 5.91 Å². The average molecular weight is 287 g/mol. The topological polar surface area (TPSA) is 72.4 Å². The third kappa shape index (κ3) is 4.68. The number of amides is 2. The molecule has 0 saturated carbocycles. The van der Waals surface area contributed by atoms with Crippen molar-refractivity contribution >= 4 is 12.0 Å². The quantitative estimate of drug-likeness (QED) is 0.882. The van der Waals surface area contributed by atoms with Gasteiger partial charge >= 0.3 is 6.09 Å². The lowest BCUT2D eigenvalue weighted by molar-refractivity contribution is -0.118. The number of nitrogens with one attached hydrogen (secondary N) is 2. The number of alkyl carbamates (subject to hydrolysis) is 1. The largest absolute Gasteiger partial charge is 0.445 e. The molecule has 110 valence electrons. The van der Waals surface area contributed by atoms with Gasteiger partial charge in [0.05, 0.1) is 0 Å². The molecule has 0 radical (unpaired) electrons. The normalized spacial score (nSPS) is 11.5. The van der Waals surface area contributed by atoms with Crippen LogP contribution in [0.5, 0.6) is 0 Å². The third-order valence-corrected chi connectivity index (χ3v) is 2.78. The molecule has 0 aliphatic rings. The van der Waals surface area contributed by atoms with Gasteiger partial charge in [-0.25, -0.2) is 4.79 Å². The van der Waals surface area contributed by atoms with Crippen molar-refractivity contribution in [1.82, 2.24) is 9.99 Å². The molecule has 0 bridgehead atoms. The second kappa shape index (κ2) is 7.14. The van der Waals surface area contributed by atoms with E-state index in [-0.39, 0.29) is 12.5 Å². The summed E-state index contributed by atoms with van der Waals surface area (Å²) in [5.74, 6) is -0.331. The van der Waals surface area contributed by atoms with E-state index in [0.29, 0.717) is 0 Å². The molecule has 2 aromatic rings. The van der Waals surface area contributed by atoms with Crippen molar-refractivity contribution in [3.05, 3.63) is 60.4 Å². The molecule has 1 heterocycles. The Balaban J connectivity index is 1.75. The zero-order valence-corrected chi connectivity index (χ0v) is 11.7. The van der Waals surface area contributed by atoms with Gasteiger partial charge in [-0.3, -0.25) is 14.9 Å². The number of hydrogen-bond acceptors (Lipinski definition) is 3. The van der Waals surface area contributed by atoms with E-state index < -0.39 is 12.1 Å². The molecule has 1 atom stereocenters. The molecule has 6 nitrogen and oxygen atoms in total. The first-order valence-corrected chi connectivity index (χ1v) is 6.56. The molecule has 2 N–H and O–H groups in total. The summed E-state index contributed by atoms with van der Waals surface area (Å²) in [7, 11) is 0. The summed E-state index contributed by atoms with van der Waals surface area (Å²) in [5.41, 5.74) is 3.49. The van der Waals surface area contributed by atoms with E-state index in [1.165, 1.54) is 4.68 Å². The van der Waals surface area contributed by atoms with Crippen LogP contribution < -0.4 is 10.7 Å². The van der Waals surface area contributed by atoms with Crippen LogP contribution >= 0.6 is 0 Å². The summed E-state index contributed by atoms with van der Waals surface area (Å²) in [5, 5.41) is 2.48. The highest BCUT2D eigenvalue weighted by molar-refractivity contribution is 5.90. The van der Waals surface area contributed by atoms with Crippen molar-refractivity contribution < 1.29 is 14.3 Å². The predicted octanol–water partition coefficient (Wildman–Crippen LogP) is 1.87. The minimum atomic E-state index is -0.698. The third-order valence-electron chi connectivity index (χ3n) is 2.78. The molecule has 1 aromatic heterocycles. The fourth-order valence-electron chi connectivity index (χ4n) is 1.64. The van der Waals surface area contributed by atoms with Crippen LogP contribution in [0.4, 0.5) is 4.79 Å². The van der Waals surface area contributed by atoms with Crippen LogP contribution in [0.15, 0.2) is 54.9 Å². The predicted molar refractivity (Wildman–Crippen MR) is 78.0 cm³/mol. The summed E-state index contributed by atoms with van der Waals surface area (Å²) in [6.45, 7) is 1.75. The number of aromatic nitrogens is 1. The number of carbonyl (C=O) groups excluding carboxylic acids is 2. The Morgan fingerprint density at radius 3 is 2.48 bits per heavy atom. The Bertz CT molecular complexity index is 581. The number of carbonyl (C=O) groups is 2. The van der Waals surface area contributed by atoms with Crippen molar-refractivity contribution in [3.63, 3.8) is 0 Å². The van der Waals surface area contributed by atoms with Crippen LogP contribution in [0.1, 0.15) is 12.5 Å². The smallest absolute Gasteiger partial charge is 0.408 e. The molecule has 21 heavy (non-hydrogen) atoms. The fourth-order valence-corrected chi connectivity index (χ4v) is 1.64. The monoisotopic (exact) mass is 287 g/mol. The first-order valence-electron chi connectivity index (χ1n) is 6.56. The van der Waals surface area contributed by atoms with E-state index in [1.807, 2.05) is 30.3 Å². The molecule has 0 aliphatic carbocycles. The van der Waals surface area contributed by atoms with Crippen LogP contribution in [-0.4, -0.2) is 22.7 Å². The molecule has 0 fully saturated rings. The lowest BCUT2D eigenvalue weighted by Crippen LogP contribution is -2.43. The lowest BCUT2D eigenvalue weighted by Gasteiger charge is -2.14. The minimum absolute atomic E-state index is 0.165. The van der Waals surface area contributed by atoms with E-state index in [0.717, 1.165) is 5.56 Å². The summed E-state index contributed by atoms with van der Waals surface area (Å²) in [6.07, 6.45) is 2.76. The van der Waals surface area contributed by atoms with E-state index in [1.54, 1.807) is 31.5 Å². The first kappa shape index (κ1) is 14.6. The van der Waals surface area contributed by atoms with Crippen molar-refractivity contribution in [3.8, 4) is 0 Å². The van der Waals surface area contributed by atoms with Crippen molar-refractivity contribution in [2.24, 2.45) is 0 Å². The second-order valence-electron chi connectivity index (χ2n) is 4.49. The van der Waals surface area contributed by atoms with Crippen LogP contribution in [0, 0.1) is 0 Å². The molecule has 0 aliphatic heterocycles. The van der Waals surface area contributed by atoms with Crippen molar-refractivity contribution in [2.45, 2.75) is 19.6 Å². The summed E-state index contributed by atoms with van der Waals surface area (Å²) < 4.78 is 6.56. The van der Waals surface area contributed by atoms with Gasteiger partial charge in [-0.1, -0.05) is 30.3 Å². The van der Waals surface area contributed by atoms with E-state index in [2.05, 4.69) is 10.7 Å². The van der Waals surface area contributed by atoms with Gasteiger partial charge in [-0.05, 0) is 24.6 Å². The number of rotatable bonds is 5. The van der Waals surface area contributed by atoms with Gasteiger partial charge in [0, 0.05) is 12.4 Å². The zero-order valence-electron chi connectivity index (χ0n) is 11.7. The fraction of sp³-hybridized carbons (Fsp3) is 0.200. The standard InChI is InChI=1S/C15H17N3O3/c1-12(14(19)17-18-9-5-6-10-18)16-15(20)21-11-13-7-3-2-4-8-13/h2-10,12H,11H2,1H3,(H,16,20)(H,17,19).